The molecule has 0 aliphatic carbocycles. The summed E-state index contributed by atoms with van der Waals surface area (Å²) in [4.78, 5) is 15.7. The number of imidazole rings is 1. The number of rotatable bonds is 4. The molecule has 0 saturated heterocycles. The fourth-order valence-electron chi connectivity index (χ4n) is 1.75. The third-order valence-electron chi connectivity index (χ3n) is 2.57. The summed E-state index contributed by atoms with van der Waals surface area (Å²) in [6.45, 7) is 0.283. The number of hydrogen-bond donors (Lipinski definition) is 0. The van der Waals surface area contributed by atoms with E-state index >= 15 is 0 Å². The van der Waals surface area contributed by atoms with Crippen molar-refractivity contribution in [2.24, 2.45) is 7.05 Å². The van der Waals surface area contributed by atoms with Crippen LogP contribution in [0.25, 0.3) is 11.5 Å². The van der Waals surface area contributed by atoms with Gasteiger partial charge in [-0.05, 0) is 6.92 Å². The van der Waals surface area contributed by atoms with Gasteiger partial charge in [-0.25, -0.2) is 14.5 Å². The standard InChI is InChI=1S/C11H12F3N5O2/c1-3-21-10(20)7-8(9-15-4-5-18(9)2)19(17-16-7)6-11(12,13)14/h4-5H,3,6H2,1-2H3. The Balaban J connectivity index is 2.53. The molecule has 0 N–H and O–H groups in total. The van der Waals surface area contributed by atoms with E-state index in [0.717, 1.165) is 0 Å². The molecule has 114 valence electrons. The maximum absolute atomic E-state index is 12.6. The van der Waals surface area contributed by atoms with Crippen LogP contribution in [0.1, 0.15) is 17.4 Å². The van der Waals surface area contributed by atoms with E-state index in [1.807, 2.05) is 0 Å². The molecule has 0 atom stereocenters. The molecular weight excluding hydrogens is 291 g/mol. The molecule has 0 bridgehead atoms. The Kier molecular flexibility index (Phi) is 3.96. The Labute approximate surface area is 117 Å². The second kappa shape index (κ2) is 5.54. The number of hydrogen-bond acceptors (Lipinski definition) is 5. The maximum atomic E-state index is 12.6. The predicted molar refractivity (Wildman–Crippen MR) is 64.2 cm³/mol. The van der Waals surface area contributed by atoms with Gasteiger partial charge in [-0.2, -0.15) is 13.2 Å². The molecule has 0 spiro atoms. The fourth-order valence-corrected chi connectivity index (χ4v) is 1.75. The molecule has 2 aromatic rings. The minimum absolute atomic E-state index is 0.0744. The number of carbonyl (C=O) groups excluding carboxylic acids is 1. The molecule has 7 nitrogen and oxygen atoms in total. The highest BCUT2D eigenvalue weighted by Crippen LogP contribution is 2.25. The zero-order chi connectivity index (χ0) is 15.6. The van der Waals surface area contributed by atoms with Crippen LogP contribution in [0.2, 0.25) is 0 Å². The monoisotopic (exact) mass is 303 g/mol. The molecule has 0 aliphatic rings. The minimum Gasteiger partial charge on any atom is -0.461 e. The van der Waals surface area contributed by atoms with E-state index in [9.17, 15) is 18.0 Å². The Morgan fingerprint density at radius 1 is 1.43 bits per heavy atom. The molecule has 2 rings (SSSR count). The van der Waals surface area contributed by atoms with E-state index in [1.54, 1.807) is 14.0 Å². The fraction of sp³-hybridized carbons (Fsp3) is 0.455. The number of esters is 1. The summed E-state index contributed by atoms with van der Waals surface area (Å²) in [6, 6.07) is 0. The lowest BCUT2D eigenvalue weighted by molar-refractivity contribution is -0.142. The molecule has 0 fully saturated rings. The van der Waals surface area contributed by atoms with Crippen LogP contribution in [-0.2, 0) is 18.3 Å². The molecule has 21 heavy (non-hydrogen) atoms. The van der Waals surface area contributed by atoms with Gasteiger partial charge in [0.2, 0.25) is 5.69 Å². The summed E-state index contributed by atoms with van der Waals surface area (Å²) < 4.78 is 44.6. The van der Waals surface area contributed by atoms with Gasteiger partial charge < -0.3 is 9.30 Å². The van der Waals surface area contributed by atoms with Crippen molar-refractivity contribution in [1.82, 2.24) is 24.5 Å². The van der Waals surface area contributed by atoms with Crippen molar-refractivity contribution in [1.29, 1.82) is 0 Å². The average Bonchev–Trinajstić information content (AvgIpc) is 2.93. The summed E-state index contributed by atoms with van der Waals surface area (Å²) in [7, 11) is 1.59. The predicted octanol–water partition coefficient (Wildman–Crippen LogP) is 1.42. The van der Waals surface area contributed by atoms with E-state index in [-0.39, 0.29) is 23.8 Å². The number of ether oxygens (including phenoxy) is 1. The number of halogens is 3. The van der Waals surface area contributed by atoms with Gasteiger partial charge in [0.15, 0.2) is 5.82 Å². The Hall–Kier alpha value is -2.39. The lowest BCUT2D eigenvalue weighted by Crippen LogP contribution is -2.20. The third-order valence-corrected chi connectivity index (χ3v) is 2.57. The quantitative estimate of drug-likeness (QED) is 0.799. The van der Waals surface area contributed by atoms with Crippen molar-refractivity contribution in [3.63, 3.8) is 0 Å². The molecular formula is C11H12F3N5O2. The van der Waals surface area contributed by atoms with Gasteiger partial charge in [0.05, 0.1) is 6.61 Å². The number of carbonyl (C=O) groups is 1. The third kappa shape index (κ3) is 3.20. The average molecular weight is 303 g/mol. The topological polar surface area (TPSA) is 74.8 Å². The second-order valence-electron chi connectivity index (χ2n) is 4.14. The van der Waals surface area contributed by atoms with E-state index in [1.165, 1.54) is 17.0 Å². The minimum atomic E-state index is -4.50. The van der Waals surface area contributed by atoms with Crippen LogP contribution < -0.4 is 0 Å². The van der Waals surface area contributed by atoms with Gasteiger partial charge in [-0.1, -0.05) is 5.21 Å². The normalized spacial score (nSPS) is 11.7. The van der Waals surface area contributed by atoms with Crippen LogP contribution in [0.5, 0.6) is 0 Å². The molecule has 0 aliphatic heterocycles. The van der Waals surface area contributed by atoms with E-state index in [4.69, 9.17) is 4.74 Å². The highest BCUT2D eigenvalue weighted by atomic mass is 19.4. The molecule has 2 heterocycles. The lowest BCUT2D eigenvalue weighted by atomic mass is 10.3. The highest BCUT2D eigenvalue weighted by Gasteiger charge is 2.33. The number of aryl methyl sites for hydroxylation is 1. The largest absolute Gasteiger partial charge is 0.461 e. The van der Waals surface area contributed by atoms with Crippen molar-refractivity contribution in [3.05, 3.63) is 18.1 Å². The van der Waals surface area contributed by atoms with Crippen LogP contribution >= 0.6 is 0 Å². The molecule has 0 amide bonds. The molecule has 2 aromatic heterocycles. The number of alkyl halides is 3. The van der Waals surface area contributed by atoms with Gasteiger partial charge in [-0.3, -0.25) is 0 Å². The highest BCUT2D eigenvalue weighted by molar-refractivity contribution is 5.93. The first kappa shape index (κ1) is 15.0. The summed E-state index contributed by atoms with van der Waals surface area (Å²) in [6.07, 6.45) is -1.57. The van der Waals surface area contributed by atoms with E-state index in [2.05, 4.69) is 15.3 Å². The van der Waals surface area contributed by atoms with Crippen molar-refractivity contribution < 1.29 is 22.7 Å². The van der Waals surface area contributed by atoms with Gasteiger partial charge in [0.1, 0.15) is 12.2 Å². The van der Waals surface area contributed by atoms with Gasteiger partial charge >= 0.3 is 12.1 Å². The lowest BCUT2D eigenvalue weighted by Gasteiger charge is -2.10. The second-order valence-corrected chi connectivity index (χ2v) is 4.14. The van der Waals surface area contributed by atoms with Crippen LogP contribution in [0, 0.1) is 0 Å². The van der Waals surface area contributed by atoms with Crippen LogP contribution in [0.3, 0.4) is 0 Å². The Morgan fingerprint density at radius 3 is 2.67 bits per heavy atom. The van der Waals surface area contributed by atoms with Crippen LogP contribution in [-0.4, -0.2) is 43.3 Å². The zero-order valence-electron chi connectivity index (χ0n) is 11.3. The first-order valence-corrected chi connectivity index (χ1v) is 5.98. The molecule has 0 saturated carbocycles. The molecule has 0 unspecified atom stereocenters. The number of aromatic nitrogens is 5. The van der Waals surface area contributed by atoms with E-state index in [0.29, 0.717) is 4.68 Å². The Morgan fingerprint density at radius 2 is 2.14 bits per heavy atom. The van der Waals surface area contributed by atoms with Gasteiger partial charge in [0, 0.05) is 19.4 Å². The molecule has 0 radical (unpaired) electrons. The van der Waals surface area contributed by atoms with Crippen molar-refractivity contribution in [2.45, 2.75) is 19.6 Å². The van der Waals surface area contributed by atoms with Gasteiger partial charge in [0.25, 0.3) is 0 Å². The zero-order valence-corrected chi connectivity index (χ0v) is 11.3. The van der Waals surface area contributed by atoms with Crippen molar-refractivity contribution in [2.75, 3.05) is 6.61 Å². The summed E-state index contributed by atoms with van der Waals surface area (Å²) in [5.74, 6) is -0.698. The first-order chi connectivity index (χ1) is 9.83. The van der Waals surface area contributed by atoms with Crippen molar-refractivity contribution in [3.8, 4) is 11.5 Å². The Bertz CT molecular complexity index is 647. The first-order valence-electron chi connectivity index (χ1n) is 5.98. The smallest absolute Gasteiger partial charge is 0.408 e. The van der Waals surface area contributed by atoms with Gasteiger partial charge in [-0.15, -0.1) is 5.10 Å². The summed E-state index contributed by atoms with van der Waals surface area (Å²) in [5.41, 5.74) is -0.423. The van der Waals surface area contributed by atoms with Crippen LogP contribution in [0.15, 0.2) is 12.4 Å². The molecule has 10 heteroatoms. The SMILES string of the molecule is CCOC(=O)c1nnn(CC(F)(F)F)c1-c1nccn1C. The maximum Gasteiger partial charge on any atom is 0.408 e. The summed E-state index contributed by atoms with van der Waals surface area (Å²) >= 11 is 0. The van der Waals surface area contributed by atoms with Crippen molar-refractivity contribution >= 4 is 5.97 Å². The van der Waals surface area contributed by atoms with Crippen LogP contribution in [0.4, 0.5) is 13.2 Å². The summed E-state index contributed by atoms with van der Waals surface area (Å²) in [5, 5.41) is 6.90. The number of nitrogens with zero attached hydrogens (tertiary/aromatic N) is 5. The van der Waals surface area contributed by atoms with E-state index < -0.39 is 18.7 Å². The molecule has 0 aromatic carbocycles.